The Hall–Kier alpha value is -1.78. The lowest BCUT2D eigenvalue weighted by Crippen LogP contribution is -2.10. The van der Waals surface area contributed by atoms with Gasteiger partial charge in [0.05, 0.1) is 12.9 Å². The molecule has 5 heteroatoms. The van der Waals surface area contributed by atoms with Crippen LogP contribution in [0.5, 0.6) is 5.75 Å². The lowest BCUT2D eigenvalue weighted by atomic mass is 10.3. The van der Waals surface area contributed by atoms with E-state index in [4.69, 9.17) is 14.3 Å². The first-order valence-corrected chi connectivity index (χ1v) is 4.54. The van der Waals surface area contributed by atoms with Crippen LogP contribution in [-0.2, 0) is 4.79 Å². The summed E-state index contributed by atoms with van der Waals surface area (Å²) in [5.74, 6) is -0.323. The van der Waals surface area contributed by atoms with Gasteiger partial charge in [-0.25, -0.2) is 0 Å². The molecule has 1 heterocycles. The Morgan fingerprint density at radius 3 is 2.93 bits per heavy atom. The zero-order chi connectivity index (χ0) is 11.3. The van der Waals surface area contributed by atoms with E-state index in [0.29, 0.717) is 12.2 Å². The van der Waals surface area contributed by atoms with Crippen molar-refractivity contribution in [3.05, 3.63) is 28.3 Å². The molecule has 82 valence electrons. The van der Waals surface area contributed by atoms with Crippen LogP contribution in [-0.4, -0.2) is 17.7 Å². The Balaban J connectivity index is 2.51. The lowest BCUT2D eigenvalue weighted by molar-refractivity contribution is -0.137. The quantitative estimate of drug-likeness (QED) is 0.742. The molecule has 1 rings (SSSR count). The molecule has 0 unspecified atom stereocenters. The maximum absolute atomic E-state index is 11.3. The maximum atomic E-state index is 11.3. The van der Waals surface area contributed by atoms with Gasteiger partial charge in [0.25, 0.3) is 0 Å². The molecule has 0 aliphatic carbocycles. The molecular formula is C10H12O5. The number of rotatable bonds is 5. The molecule has 15 heavy (non-hydrogen) atoms. The second-order valence-corrected chi connectivity index (χ2v) is 3.02. The number of hydrogen-bond acceptors (Lipinski definition) is 4. The standard InChI is InChI=1S/C10H12O5/c1-7-10(8(11)4-6-14-7)15-5-2-3-9(12)13/h4,6H,2-3,5H2,1H3,(H,12,13). The molecule has 0 atom stereocenters. The van der Waals surface area contributed by atoms with Gasteiger partial charge in [0, 0.05) is 12.5 Å². The molecule has 0 fully saturated rings. The Labute approximate surface area is 86.3 Å². The summed E-state index contributed by atoms with van der Waals surface area (Å²) in [5, 5.41) is 8.38. The number of hydrogen-bond donors (Lipinski definition) is 1. The van der Waals surface area contributed by atoms with Crippen molar-refractivity contribution in [2.75, 3.05) is 6.61 Å². The van der Waals surface area contributed by atoms with Crippen LogP contribution in [0.4, 0.5) is 0 Å². The fourth-order valence-electron chi connectivity index (χ4n) is 1.07. The molecule has 1 N–H and O–H groups in total. The molecule has 0 amide bonds. The van der Waals surface area contributed by atoms with E-state index < -0.39 is 5.97 Å². The first-order valence-electron chi connectivity index (χ1n) is 4.54. The monoisotopic (exact) mass is 212 g/mol. The molecule has 1 aromatic heterocycles. The summed E-state index contributed by atoms with van der Waals surface area (Å²) in [6, 6.07) is 1.26. The summed E-state index contributed by atoms with van der Waals surface area (Å²) in [7, 11) is 0. The van der Waals surface area contributed by atoms with Crippen molar-refractivity contribution in [1.29, 1.82) is 0 Å². The van der Waals surface area contributed by atoms with Crippen LogP contribution in [0.2, 0.25) is 0 Å². The topological polar surface area (TPSA) is 76.7 Å². The third-order valence-electron chi connectivity index (χ3n) is 1.79. The van der Waals surface area contributed by atoms with Crippen molar-refractivity contribution in [3.63, 3.8) is 0 Å². The molecule has 0 aromatic carbocycles. The number of carboxylic acids is 1. The number of ether oxygens (including phenoxy) is 1. The van der Waals surface area contributed by atoms with Crippen molar-refractivity contribution in [1.82, 2.24) is 0 Å². The van der Waals surface area contributed by atoms with Crippen LogP contribution in [0.25, 0.3) is 0 Å². The minimum Gasteiger partial charge on any atom is -0.487 e. The van der Waals surface area contributed by atoms with Crippen molar-refractivity contribution < 1.29 is 19.1 Å². The fourth-order valence-corrected chi connectivity index (χ4v) is 1.07. The Morgan fingerprint density at radius 1 is 1.60 bits per heavy atom. The van der Waals surface area contributed by atoms with Crippen molar-refractivity contribution >= 4 is 5.97 Å². The van der Waals surface area contributed by atoms with Gasteiger partial charge in [-0.3, -0.25) is 9.59 Å². The molecule has 0 radical (unpaired) electrons. The molecular weight excluding hydrogens is 200 g/mol. The Morgan fingerprint density at radius 2 is 2.33 bits per heavy atom. The summed E-state index contributed by atoms with van der Waals surface area (Å²) in [6.07, 6.45) is 1.68. The van der Waals surface area contributed by atoms with E-state index >= 15 is 0 Å². The highest BCUT2D eigenvalue weighted by Crippen LogP contribution is 2.10. The van der Waals surface area contributed by atoms with Crippen molar-refractivity contribution in [2.45, 2.75) is 19.8 Å². The minimum absolute atomic E-state index is 0.0250. The minimum atomic E-state index is -0.879. The fraction of sp³-hybridized carbons (Fsp3) is 0.400. The molecule has 5 nitrogen and oxygen atoms in total. The largest absolute Gasteiger partial charge is 0.487 e. The Kier molecular flexibility index (Phi) is 3.91. The van der Waals surface area contributed by atoms with Crippen LogP contribution in [0.1, 0.15) is 18.6 Å². The van der Waals surface area contributed by atoms with Gasteiger partial charge < -0.3 is 14.3 Å². The summed E-state index contributed by atoms with van der Waals surface area (Å²) >= 11 is 0. The third kappa shape index (κ3) is 3.46. The third-order valence-corrected chi connectivity index (χ3v) is 1.79. The average Bonchev–Trinajstić information content (AvgIpc) is 2.15. The maximum Gasteiger partial charge on any atom is 0.303 e. The van der Waals surface area contributed by atoms with E-state index in [0.717, 1.165) is 0 Å². The van der Waals surface area contributed by atoms with Crippen LogP contribution < -0.4 is 10.2 Å². The van der Waals surface area contributed by atoms with E-state index in [9.17, 15) is 9.59 Å². The molecule has 0 bridgehead atoms. The van der Waals surface area contributed by atoms with Gasteiger partial charge in [0.2, 0.25) is 11.2 Å². The number of carbonyl (C=O) groups is 1. The Bertz CT molecular complexity index is 393. The van der Waals surface area contributed by atoms with E-state index in [1.807, 2.05) is 0 Å². The van der Waals surface area contributed by atoms with E-state index in [-0.39, 0.29) is 24.2 Å². The van der Waals surface area contributed by atoms with Crippen LogP contribution in [0, 0.1) is 6.92 Å². The first kappa shape index (κ1) is 11.3. The predicted molar refractivity (Wildman–Crippen MR) is 52.1 cm³/mol. The molecule has 0 aliphatic rings. The lowest BCUT2D eigenvalue weighted by Gasteiger charge is -2.05. The second kappa shape index (κ2) is 5.19. The zero-order valence-corrected chi connectivity index (χ0v) is 8.36. The molecule has 0 aliphatic heterocycles. The van der Waals surface area contributed by atoms with Gasteiger partial charge in [-0.15, -0.1) is 0 Å². The number of aliphatic carboxylic acids is 1. The molecule has 1 aromatic rings. The number of carboxylic acid groups (broad SMARTS) is 1. The SMILES string of the molecule is Cc1occc(=O)c1OCCCC(=O)O. The number of aryl methyl sites for hydroxylation is 1. The molecule has 0 spiro atoms. The van der Waals surface area contributed by atoms with Gasteiger partial charge in [-0.05, 0) is 13.3 Å². The van der Waals surface area contributed by atoms with Gasteiger partial charge in [0.1, 0.15) is 5.76 Å². The van der Waals surface area contributed by atoms with E-state index in [2.05, 4.69) is 0 Å². The molecule has 0 saturated heterocycles. The average molecular weight is 212 g/mol. The van der Waals surface area contributed by atoms with Crippen LogP contribution >= 0.6 is 0 Å². The summed E-state index contributed by atoms with van der Waals surface area (Å²) in [4.78, 5) is 21.5. The van der Waals surface area contributed by atoms with Gasteiger partial charge in [-0.1, -0.05) is 0 Å². The van der Waals surface area contributed by atoms with Crippen molar-refractivity contribution in [2.24, 2.45) is 0 Å². The smallest absolute Gasteiger partial charge is 0.303 e. The first-order chi connectivity index (χ1) is 7.11. The highest BCUT2D eigenvalue weighted by molar-refractivity contribution is 5.66. The van der Waals surface area contributed by atoms with E-state index in [1.54, 1.807) is 6.92 Å². The van der Waals surface area contributed by atoms with E-state index in [1.165, 1.54) is 12.3 Å². The molecule has 0 saturated carbocycles. The van der Waals surface area contributed by atoms with Gasteiger partial charge in [0.15, 0.2) is 0 Å². The van der Waals surface area contributed by atoms with Crippen molar-refractivity contribution in [3.8, 4) is 5.75 Å². The van der Waals surface area contributed by atoms with Crippen LogP contribution in [0.3, 0.4) is 0 Å². The summed E-state index contributed by atoms with van der Waals surface area (Å²) < 4.78 is 10.1. The normalized spacial score (nSPS) is 9.93. The highest BCUT2D eigenvalue weighted by Gasteiger charge is 2.06. The highest BCUT2D eigenvalue weighted by atomic mass is 16.5. The second-order valence-electron chi connectivity index (χ2n) is 3.02. The predicted octanol–water partition coefficient (Wildman–Crippen LogP) is 1.19. The summed E-state index contributed by atoms with van der Waals surface area (Å²) in [5.41, 5.74) is -0.255. The van der Waals surface area contributed by atoms with Gasteiger partial charge in [-0.2, -0.15) is 0 Å². The van der Waals surface area contributed by atoms with Crippen LogP contribution in [0.15, 0.2) is 21.5 Å². The zero-order valence-electron chi connectivity index (χ0n) is 8.36. The summed E-state index contributed by atoms with van der Waals surface area (Å²) in [6.45, 7) is 1.82. The van der Waals surface area contributed by atoms with Gasteiger partial charge >= 0.3 is 5.97 Å².